The summed E-state index contributed by atoms with van der Waals surface area (Å²) in [5.74, 6) is 0. The summed E-state index contributed by atoms with van der Waals surface area (Å²) in [4.78, 5) is 4.38. The molecule has 0 amide bonds. The van der Waals surface area contributed by atoms with Crippen molar-refractivity contribution >= 4 is 22.5 Å². The number of benzene rings is 2. The van der Waals surface area contributed by atoms with Crippen LogP contribution in [0.3, 0.4) is 0 Å². The van der Waals surface area contributed by atoms with Gasteiger partial charge in [-0.05, 0) is 48.7 Å². The van der Waals surface area contributed by atoms with Crippen LogP contribution in [-0.4, -0.2) is 10.1 Å². The predicted molar refractivity (Wildman–Crippen MR) is 86.7 cm³/mol. The van der Waals surface area contributed by atoms with Gasteiger partial charge in [0.2, 0.25) is 0 Å². The van der Waals surface area contributed by atoms with Gasteiger partial charge in [-0.1, -0.05) is 35.9 Å². The molecular formula is C18H16ClNO. The molecule has 1 heterocycles. The van der Waals surface area contributed by atoms with Crippen molar-refractivity contribution < 1.29 is 5.11 Å². The lowest BCUT2D eigenvalue weighted by molar-refractivity contribution is 0.221. The number of hydrogen-bond donors (Lipinski definition) is 1. The topological polar surface area (TPSA) is 33.1 Å². The van der Waals surface area contributed by atoms with Crippen LogP contribution in [0.5, 0.6) is 0 Å². The molecule has 1 atom stereocenters. The standard InChI is InChI=1S/C18H16ClNO/c1-11-5-6-13(10-12(11)2)18(21)15-7-8-16(19)14-4-3-9-20-17(14)15/h3-10,18,21H,1-2H3. The van der Waals surface area contributed by atoms with Crippen molar-refractivity contribution in [1.29, 1.82) is 0 Å². The molecule has 0 aliphatic carbocycles. The molecule has 2 aromatic carbocycles. The molecule has 0 saturated carbocycles. The molecule has 0 aliphatic heterocycles. The number of fused-ring (bicyclic) bond motifs is 1. The number of hydrogen-bond acceptors (Lipinski definition) is 2. The predicted octanol–water partition coefficient (Wildman–Crippen LogP) is 4.59. The molecular weight excluding hydrogens is 282 g/mol. The van der Waals surface area contributed by atoms with Crippen LogP contribution in [0, 0.1) is 13.8 Å². The molecule has 0 aliphatic rings. The van der Waals surface area contributed by atoms with Gasteiger partial charge in [0.25, 0.3) is 0 Å². The minimum atomic E-state index is -0.709. The second-order valence-electron chi connectivity index (χ2n) is 5.28. The van der Waals surface area contributed by atoms with Gasteiger partial charge in [-0.15, -0.1) is 0 Å². The van der Waals surface area contributed by atoms with E-state index in [1.165, 1.54) is 5.56 Å². The second kappa shape index (κ2) is 5.47. The van der Waals surface area contributed by atoms with Gasteiger partial charge in [0, 0.05) is 22.2 Å². The lowest BCUT2D eigenvalue weighted by Crippen LogP contribution is -2.02. The first-order chi connectivity index (χ1) is 10.1. The summed E-state index contributed by atoms with van der Waals surface area (Å²) >= 11 is 6.20. The fourth-order valence-corrected chi connectivity index (χ4v) is 2.71. The molecule has 3 rings (SSSR count). The van der Waals surface area contributed by atoms with E-state index in [4.69, 9.17) is 11.6 Å². The van der Waals surface area contributed by atoms with Gasteiger partial charge in [-0.2, -0.15) is 0 Å². The molecule has 0 saturated heterocycles. The van der Waals surface area contributed by atoms with Crippen LogP contribution in [0.15, 0.2) is 48.7 Å². The fraction of sp³-hybridized carbons (Fsp3) is 0.167. The van der Waals surface area contributed by atoms with Crippen molar-refractivity contribution in [1.82, 2.24) is 4.98 Å². The highest BCUT2D eigenvalue weighted by atomic mass is 35.5. The maximum atomic E-state index is 10.7. The lowest BCUT2D eigenvalue weighted by atomic mass is 9.96. The Morgan fingerprint density at radius 2 is 1.86 bits per heavy atom. The molecule has 3 heteroatoms. The van der Waals surface area contributed by atoms with E-state index in [-0.39, 0.29) is 0 Å². The first-order valence-electron chi connectivity index (χ1n) is 6.86. The Kier molecular flexibility index (Phi) is 3.66. The molecule has 1 unspecified atom stereocenters. The Balaban J connectivity index is 2.15. The van der Waals surface area contributed by atoms with Crippen LogP contribution in [0.25, 0.3) is 10.9 Å². The average molecular weight is 298 g/mol. The fourth-order valence-electron chi connectivity index (χ4n) is 2.49. The summed E-state index contributed by atoms with van der Waals surface area (Å²) in [5, 5.41) is 12.2. The molecule has 0 bridgehead atoms. The van der Waals surface area contributed by atoms with Gasteiger partial charge in [-0.3, -0.25) is 4.98 Å². The maximum absolute atomic E-state index is 10.7. The van der Waals surface area contributed by atoms with Crippen molar-refractivity contribution in [3.63, 3.8) is 0 Å². The number of aromatic nitrogens is 1. The molecule has 3 aromatic rings. The van der Waals surface area contributed by atoms with Crippen molar-refractivity contribution in [2.45, 2.75) is 20.0 Å². The van der Waals surface area contributed by atoms with Gasteiger partial charge in [0.15, 0.2) is 0 Å². The quantitative estimate of drug-likeness (QED) is 0.750. The number of aliphatic hydroxyl groups excluding tert-OH is 1. The molecule has 1 N–H and O–H groups in total. The van der Waals surface area contributed by atoms with E-state index in [2.05, 4.69) is 11.9 Å². The Hall–Kier alpha value is -1.90. The first kappa shape index (κ1) is 14.1. The van der Waals surface area contributed by atoms with Gasteiger partial charge in [-0.25, -0.2) is 0 Å². The number of halogens is 1. The van der Waals surface area contributed by atoms with Gasteiger partial charge >= 0.3 is 0 Å². The number of nitrogens with zero attached hydrogens (tertiary/aromatic N) is 1. The van der Waals surface area contributed by atoms with E-state index < -0.39 is 6.10 Å². The van der Waals surface area contributed by atoms with Crippen molar-refractivity contribution in [3.05, 3.63) is 75.9 Å². The van der Waals surface area contributed by atoms with E-state index in [1.807, 2.05) is 49.4 Å². The Bertz CT molecular complexity index is 813. The Morgan fingerprint density at radius 1 is 1.05 bits per heavy atom. The molecule has 21 heavy (non-hydrogen) atoms. The third kappa shape index (κ3) is 2.53. The smallest absolute Gasteiger partial charge is 0.106 e. The van der Waals surface area contributed by atoms with Crippen molar-refractivity contribution in [3.8, 4) is 0 Å². The minimum absolute atomic E-state index is 0.647. The third-order valence-electron chi connectivity index (χ3n) is 3.89. The number of rotatable bonds is 2. The maximum Gasteiger partial charge on any atom is 0.106 e. The SMILES string of the molecule is Cc1ccc(C(O)c2ccc(Cl)c3cccnc23)cc1C. The van der Waals surface area contributed by atoms with Crippen LogP contribution < -0.4 is 0 Å². The van der Waals surface area contributed by atoms with Crippen LogP contribution >= 0.6 is 11.6 Å². The highest BCUT2D eigenvalue weighted by molar-refractivity contribution is 6.35. The number of aliphatic hydroxyl groups is 1. The van der Waals surface area contributed by atoms with Crippen LogP contribution in [0.1, 0.15) is 28.4 Å². The van der Waals surface area contributed by atoms with E-state index >= 15 is 0 Å². The molecule has 0 radical (unpaired) electrons. The molecule has 2 nitrogen and oxygen atoms in total. The normalized spacial score (nSPS) is 12.6. The van der Waals surface area contributed by atoms with Crippen LogP contribution in [-0.2, 0) is 0 Å². The average Bonchev–Trinajstić information content (AvgIpc) is 2.50. The summed E-state index contributed by atoms with van der Waals surface area (Å²) in [6, 6.07) is 13.4. The lowest BCUT2D eigenvalue weighted by Gasteiger charge is -2.15. The molecule has 0 fully saturated rings. The van der Waals surface area contributed by atoms with Crippen molar-refractivity contribution in [2.75, 3.05) is 0 Å². The largest absolute Gasteiger partial charge is 0.384 e. The molecule has 1 aromatic heterocycles. The first-order valence-corrected chi connectivity index (χ1v) is 7.24. The number of pyridine rings is 1. The highest BCUT2D eigenvalue weighted by Crippen LogP contribution is 2.32. The van der Waals surface area contributed by atoms with E-state index in [0.29, 0.717) is 5.02 Å². The van der Waals surface area contributed by atoms with Crippen molar-refractivity contribution in [2.24, 2.45) is 0 Å². The summed E-state index contributed by atoms with van der Waals surface area (Å²) < 4.78 is 0. The minimum Gasteiger partial charge on any atom is -0.384 e. The zero-order chi connectivity index (χ0) is 15.0. The zero-order valence-electron chi connectivity index (χ0n) is 12.0. The Labute approximate surface area is 129 Å². The zero-order valence-corrected chi connectivity index (χ0v) is 12.7. The Morgan fingerprint density at radius 3 is 2.62 bits per heavy atom. The third-order valence-corrected chi connectivity index (χ3v) is 4.22. The summed E-state index contributed by atoms with van der Waals surface area (Å²) in [6.07, 6.45) is 1.01. The van der Waals surface area contributed by atoms with Crippen LogP contribution in [0.2, 0.25) is 5.02 Å². The van der Waals surface area contributed by atoms with Gasteiger partial charge in [0.1, 0.15) is 6.10 Å². The van der Waals surface area contributed by atoms with E-state index in [1.54, 1.807) is 6.20 Å². The van der Waals surface area contributed by atoms with E-state index in [9.17, 15) is 5.11 Å². The molecule has 0 spiro atoms. The number of aryl methyl sites for hydroxylation is 2. The van der Waals surface area contributed by atoms with Gasteiger partial charge in [0.05, 0.1) is 5.52 Å². The van der Waals surface area contributed by atoms with E-state index in [0.717, 1.165) is 27.6 Å². The van der Waals surface area contributed by atoms with Gasteiger partial charge < -0.3 is 5.11 Å². The highest BCUT2D eigenvalue weighted by Gasteiger charge is 2.16. The van der Waals surface area contributed by atoms with Crippen LogP contribution in [0.4, 0.5) is 0 Å². The monoisotopic (exact) mass is 297 g/mol. The molecule has 106 valence electrons. The summed E-state index contributed by atoms with van der Waals surface area (Å²) in [6.45, 7) is 4.11. The summed E-state index contributed by atoms with van der Waals surface area (Å²) in [7, 11) is 0. The summed E-state index contributed by atoms with van der Waals surface area (Å²) in [5.41, 5.74) is 4.77. The second-order valence-corrected chi connectivity index (χ2v) is 5.69.